The minimum absolute atomic E-state index is 0.160. The summed E-state index contributed by atoms with van der Waals surface area (Å²) in [6.07, 6.45) is 3.83. The first kappa shape index (κ1) is 31.5. The lowest BCUT2D eigenvalue weighted by molar-refractivity contribution is -0.0756. The van der Waals surface area contributed by atoms with Gasteiger partial charge in [0.25, 0.3) is 11.8 Å². The fourth-order valence-electron chi connectivity index (χ4n) is 5.30. The highest BCUT2D eigenvalue weighted by molar-refractivity contribution is 6.11. The molecule has 2 aromatic heterocycles. The Balaban J connectivity index is 1.58. The summed E-state index contributed by atoms with van der Waals surface area (Å²) in [4.78, 5) is 52.8. The second-order valence-corrected chi connectivity index (χ2v) is 11.9. The molecule has 1 aliphatic heterocycles. The molecule has 13 heteroatoms. The number of hydrogen-bond donors (Lipinski definition) is 0. The lowest BCUT2D eigenvalue weighted by atomic mass is 10.00. The Morgan fingerprint density at radius 3 is 2.51 bits per heavy atom. The molecule has 0 bridgehead atoms. The zero-order valence-corrected chi connectivity index (χ0v) is 26.2. The number of anilines is 1. The van der Waals surface area contributed by atoms with Crippen molar-refractivity contribution in [3.05, 3.63) is 71.8 Å². The normalized spacial score (nSPS) is 15.2. The van der Waals surface area contributed by atoms with Gasteiger partial charge < -0.3 is 9.64 Å². The number of halogens is 1. The molecule has 1 saturated heterocycles. The predicted octanol–water partition coefficient (Wildman–Crippen LogP) is 4.85. The molecule has 3 amide bonds. The third-order valence-corrected chi connectivity index (χ3v) is 7.51. The van der Waals surface area contributed by atoms with Gasteiger partial charge >= 0.3 is 6.09 Å². The maximum Gasteiger partial charge on any atom is 0.410 e. The van der Waals surface area contributed by atoms with Gasteiger partial charge in [0.1, 0.15) is 22.9 Å². The van der Waals surface area contributed by atoms with Crippen molar-refractivity contribution in [2.45, 2.75) is 45.3 Å². The maximum atomic E-state index is 15.7. The number of fused-ring (bicyclic) bond motifs is 1. The van der Waals surface area contributed by atoms with Crippen molar-refractivity contribution in [1.29, 1.82) is 0 Å². The summed E-state index contributed by atoms with van der Waals surface area (Å²) in [5.41, 5.74) is 0.453. The fourth-order valence-corrected chi connectivity index (χ4v) is 5.30. The van der Waals surface area contributed by atoms with E-state index in [1.54, 1.807) is 69.2 Å². The zero-order chi connectivity index (χ0) is 32.5. The van der Waals surface area contributed by atoms with E-state index in [-0.39, 0.29) is 23.8 Å². The number of hydroxylamine groups is 2. The summed E-state index contributed by atoms with van der Waals surface area (Å²) < 4.78 is 22.9. The summed E-state index contributed by atoms with van der Waals surface area (Å²) in [7, 11) is 4.61. The summed E-state index contributed by atoms with van der Waals surface area (Å²) in [6, 6.07) is 10.5. The summed E-state index contributed by atoms with van der Waals surface area (Å²) in [5.74, 6) is -1.42. The molecule has 2 aromatic carbocycles. The van der Waals surface area contributed by atoms with E-state index in [0.29, 0.717) is 47.0 Å². The molecule has 1 aliphatic rings. The average Bonchev–Trinajstić information content (AvgIpc) is 3.45. The van der Waals surface area contributed by atoms with Gasteiger partial charge in [-0.25, -0.2) is 19.2 Å². The Bertz CT molecular complexity index is 1750. The monoisotopic (exact) mass is 617 g/mol. The van der Waals surface area contributed by atoms with E-state index in [2.05, 4.69) is 15.3 Å². The molecule has 12 nitrogen and oxygen atoms in total. The van der Waals surface area contributed by atoms with Gasteiger partial charge in [0.15, 0.2) is 0 Å². The van der Waals surface area contributed by atoms with Gasteiger partial charge in [-0.05, 0) is 75.4 Å². The smallest absolute Gasteiger partial charge is 0.410 e. The molecule has 0 N–H and O–H groups in total. The lowest BCUT2D eigenvalue weighted by Crippen LogP contribution is -2.53. The number of nitrogens with zero attached hydrogens (tertiary/aromatic N) is 7. The van der Waals surface area contributed by atoms with Crippen LogP contribution in [0.25, 0.3) is 22.0 Å². The van der Waals surface area contributed by atoms with Gasteiger partial charge in [0.05, 0.1) is 24.9 Å². The van der Waals surface area contributed by atoms with E-state index in [9.17, 15) is 14.4 Å². The van der Waals surface area contributed by atoms with Crippen LogP contribution < -0.4 is 4.90 Å². The number of likely N-dealkylation sites (tertiary alicyclic amines) is 1. The molecule has 1 fully saturated rings. The zero-order valence-electron chi connectivity index (χ0n) is 26.2. The Kier molecular flexibility index (Phi) is 8.82. The van der Waals surface area contributed by atoms with E-state index in [4.69, 9.17) is 9.57 Å². The first-order valence-corrected chi connectivity index (χ1v) is 14.5. The topological polar surface area (TPSA) is 123 Å². The number of rotatable bonds is 6. The van der Waals surface area contributed by atoms with Gasteiger partial charge in [-0.2, -0.15) is 0 Å². The molecule has 0 spiro atoms. The first-order chi connectivity index (χ1) is 21.4. The highest BCUT2D eigenvalue weighted by atomic mass is 19.1. The van der Waals surface area contributed by atoms with Crippen LogP contribution in [0.15, 0.2) is 54.9 Å². The van der Waals surface area contributed by atoms with Gasteiger partial charge in [0.2, 0.25) is 0 Å². The Morgan fingerprint density at radius 1 is 1.07 bits per heavy atom. The minimum Gasteiger partial charge on any atom is -0.444 e. The SMILES string of the molecule is CON(C)C(=O)c1ccc2c(N(C(=O)c3ccc(-c4cn(C)nn4)cc3F)[C@@H]3CCCN(C(=O)OC(C)(C)C)C3)nccc2c1. The second kappa shape index (κ2) is 12.6. The Hall–Kier alpha value is -4.91. The second-order valence-electron chi connectivity index (χ2n) is 11.9. The van der Waals surface area contributed by atoms with Crippen molar-refractivity contribution in [2.24, 2.45) is 7.05 Å². The van der Waals surface area contributed by atoms with E-state index < -0.39 is 29.5 Å². The first-order valence-electron chi connectivity index (χ1n) is 14.5. The van der Waals surface area contributed by atoms with Crippen LogP contribution in [0.2, 0.25) is 0 Å². The Labute approximate surface area is 260 Å². The quantitative estimate of drug-likeness (QED) is 0.282. The molecule has 0 radical (unpaired) electrons. The number of benzene rings is 2. The molecule has 0 unspecified atom stereocenters. The number of aromatic nitrogens is 4. The molecule has 1 atom stereocenters. The van der Waals surface area contributed by atoms with Crippen LogP contribution in [-0.4, -0.2) is 86.7 Å². The van der Waals surface area contributed by atoms with E-state index >= 15 is 4.39 Å². The van der Waals surface area contributed by atoms with Crippen LogP contribution in [-0.2, 0) is 16.6 Å². The van der Waals surface area contributed by atoms with E-state index in [1.165, 1.54) is 42.1 Å². The van der Waals surface area contributed by atoms with Crippen molar-refractivity contribution < 1.29 is 28.3 Å². The molecular formula is C32H36FN7O5. The molecular weight excluding hydrogens is 581 g/mol. The number of amides is 3. The van der Waals surface area contributed by atoms with E-state index in [1.807, 2.05) is 0 Å². The van der Waals surface area contributed by atoms with Crippen molar-refractivity contribution in [2.75, 3.05) is 32.1 Å². The summed E-state index contributed by atoms with van der Waals surface area (Å²) in [5, 5.41) is 10.3. The number of aryl methyl sites for hydroxylation is 1. The number of carbonyl (C=O) groups excluding carboxylic acids is 3. The van der Waals surface area contributed by atoms with Crippen LogP contribution in [0.3, 0.4) is 0 Å². The number of carbonyl (C=O) groups is 3. The summed E-state index contributed by atoms with van der Waals surface area (Å²) in [6.45, 7) is 5.99. The third kappa shape index (κ3) is 6.78. The van der Waals surface area contributed by atoms with Crippen LogP contribution in [0.4, 0.5) is 15.0 Å². The standard InChI is InChI=1S/C32H36FN7O5/c1-32(2,3)45-31(43)39-15-7-8-23(18-39)40(30(42)25-12-9-21(17-26(25)33)27-19-37(4)36-35-27)28-24-11-10-22(29(41)38(5)44-6)16-20(24)13-14-34-28/h9-14,16-17,19,23H,7-8,15,18H2,1-6H3/t23-/m1/s1. The van der Waals surface area contributed by atoms with Gasteiger partial charge in [-0.1, -0.05) is 11.3 Å². The summed E-state index contributed by atoms with van der Waals surface area (Å²) >= 11 is 0. The number of pyridine rings is 1. The molecule has 3 heterocycles. The number of ether oxygens (including phenoxy) is 1. The van der Waals surface area contributed by atoms with Crippen LogP contribution >= 0.6 is 0 Å². The van der Waals surface area contributed by atoms with Crippen LogP contribution in [0.1, 0.15) is 54.3 Å². The molecule has 0 saturated carbocycles. The fraction of sp³-hybridized carbons (Fsp3) is 0.375. The molecule has 0 aliphatic carbocycles. The molecule has 236 valence electrons. The average molecular weight is 618 g/mol. The van der Waals surface area contributed by atoms with Crippen molar-refractivity contribution >= 4 is 34.5 Å². The Morgan fingerprint density at radius 2 is 1.84 bits per heavy atom. The molecule has 5 rings (SSSR count). The largest absolute Gasteiger partial charge is 0.444 e. The van der Waals surface area contributed by atoms with Gasteiger partial charge in [-0.3, -0.25) is 24.0 Å². The third-order valence-electron chi connectivity index (χ3n) is 7.51. The van der Waals surface area contributed by atoms with Crippen molar-refractivity contribution in [1.82, 2.24) is 29.9 Å². The predicted molar refractivity (Wildman–Crippen MR) is 165 cm³/mol. The lowest BCUT2D eigenvalue weighted by Gasteiger charge is -2.39. The highest BCUT2D eigenvalue weighted by Gasteiger charge is 2.36. The maximum absolute atomic E-state index is 15.7. The van der Waals surface area contributed by atoms with Crippen molar-refractivity contribution in [3.63, 3.8) is 0 Å². The number of hydrogen-bond acceptors (Lipinski definition) is 8. The van der Waals surface area contributed by atoms with Crippen LogP contribution in [0, 0.1) is 5.82 Å². The van der Waals surface area contributed by atoms with E-state index in [0.717, 1.165) is 5.06 Å². The highest BCUT2D eigenvalue weighted by Crippen LogP contribution is 2.32. The molecule has 4 aromatic rings. The molecule has 45 heavy (non-hydrogen) atoms. The van der Waals surface area contributed by atoms with Crippen molar-refractivity contribution in [3.8, 4) is 11.3 Å². The van der Waals surface area contributed by atoms with Crippen LogP contribution in [0.5, 0.6) is 0 Å². The number of piperidine rings is 1. The van der Waals surface area contributed by atoms with Gasteiger partial charge in [-0.15, -0.1) is 5.10 Å². The minimum atomic E-state index is -0.733. The van der Waals surface area contributed by atoms with Gasteiger partial charge in [0, 0.05) is 49.9 Å².